The number of nitrogens with two attached hydrogens (primary N) is 1. The van der Waals surface area contributed by atoms with Crippen molar-refractivity contribution in [1.82, 2.24) is 4.90 Å². The molecule has 1 aromatic rings. The van der Waals surface area contributed by atoms with Crippen molar-refractivity contribution in [3.8, 4) is 5.75 Å². The number of aromatic hydroxyl groups is 1. The first-order valence-corrected chi connectivity index (χ1v) is 11.3. The van der Waals surface area contributed by atoms with Gasteiger partial charge in [-0.15, -0.1) is 0 Å². The summed E-state index contributed by atoms with van der Waals surface area (Å²) in [5, 5.41) is 33.9. The number of hydrogen-bond acceptors (Lipinski definition) is 9. The van der Waals surface area contributed by atoms with Crippen molar-refractivity contribution >= 4 is 35.1 Å². The van der Waals surface area contributed by atoms with E-state index in [9.17, 15) is 39.3 Å². The number of rotatable bonds is 3. The molecule has 4 rings (SSSR count). The van der Waals surface area contributed by atoms with Crippen LogP contribution in [0.4, 0.5) is 0 Å². The fraction of sp³-hybridized carbons (Fsp3) is 0.480. The van der Waals surface area contributed by atoms with Crippen molar-refractivity contribution in [3.63, 3.8) is 0 Å². The maximum atomic E-state index is 13.8. The number of nitrogens with zero attached hydrogens (tertiary/aromatic N) is 1. The lowest BCUT2D eigenvalue weighted by atomic mass is 9.49. The molecule has 0 heterocycles. The van der Waals surface area contributed by atoms with E-state index < -0.39 is 76.4 Å². The summed E-state index contributed by atoms with van der Waals surface area (Å²) in [5.74, 6) is -13.2. The van der Waals surface area contributed by atoms with Crippen molar-refractivity contribution in [2.24, 2.45) is 29.4 Å². The molecule has 0 radical (unpaired) electrons. The summed E-state index contributed by atoms with van der Waals surface area (Å²) in [6.45, 7) is 3.39. The van der Waals surface area contributed by atoms with Crippen molar-refractivity contribution in [3.05, 3.63) is 34.9 Å². The zero-order valence-corrected chi connectivity index (χ0v) is 19.8. The van der Waals surface area contributed by atoms with Gasteiger partial charge < -0.3 is 21.1 Å². The van der Waals surface area contributed by atoms with Crippen LogP contribution in [0.1, 0.15) is 41.3 Å². The Balaban J connectivity index is 1.96. The van der Waals surface area contributed by atoms with Crippen LogP contribution in [0.3, 0.4) is 0 Å². The van der Waals surface area contributed by atoms with Crippen LogP contribution in [0.2, 0.25) is 0 Å². The van der Waals surface area contributed by atoms with Crippen LogP contribution in [-0.2, 0) is 19.2 Å². The Labute approximate surface area is 201 Å². The maximum Gasteiger partial charge on any atom is 0.235 e. The Morgan fingerprint density at radius 3 is 2.31 bits per heavy atom. The Morgan fingerprint density at radius 2 is 1.77 bits per heavy atom. The maximum absolute atomic E-state index is 13.8. The highest BCUT2D eigenvalue weighted by Crippen LogP contribution is 2.54. The van der Waals surface area contributed by atoms with Crippen LogP contribution < -0.4 is 5.73 Å². The number of aliphatic hydroxyl groups excluding tert-OH is 1. The van der Waals surface area contributed by atoms with Crippen LogP contribution in [0.5, 0.6) is 5.75 Å². The zero-order chi connectivity index (χ0) is 26.1. The fourth-order valence-electron chi connectivity index (χ4n) is 6.32. The lowest BCUT2D eigenvalue weighted by molar-refractivity contribution is -0.196. The third-order valence-corrected chi connectivity index (χ3v) is 7.87. The van der Waals surface area contributed by atoms with Gasteiger partial charge in [0.15, 0.2) is 34.7 Å². The third kappa shape index (κ3) is 3.10. The number of primary amides is 1. The topological polar surface area (TPSA) is 175 Å². The highest BCUT2D eigenvalue weighted by Gasteiger charge is 2.72. The number of hydrogen-bond donors (Lipinski definition) is 4. The highest BCUT2D eigenvalue weighted by atomic mass is 16.3. The van der Waals surface area contributed by atoms with Gasteiger partial charge in [0.2, 0.25) is 5.91 Å². The summed E-state index contributed by atoms with van der Waals surface area (Å²) < 4.78 is 0. The van der Waals surface area contributed by atoms with Gasteiger partial charge in [-0.1, -0.05) is 31.2 Å². The number of carbonyl (C=O) groups excluding carboxylic acids is 5. The second-order valence-corrected chi connectivity index (χ2v) is 9.83. The summed E-state index contributed by atoms with van der Waals surface area (Å²) >= 11 is 0. The van der Waals surface area contributed by atoms with Gasteiger partial charge in [-0.3, -0.25) is 28.9 Å². The lowest BCUT2D eigenvalue weighted by Gasteiger charge is -2.56. The van der Waals surface area contributed by atoms with Crippen LogP contribution in [0.15, 0.2) is 18.2 Å². The molecule has 2 fully saturated rings. The van der Waals surface area contributed by atoms with Gasteiger partial charge in [0.05, 0.1) is 29.5 Å². The van der Waals surface area contributed by atoms with Crippen molar-refractivity contribution < 1.29 is 39.3 Å². The fourth-order valence-corrected chi connectivity index (χ4v) is 6.32. The quantitative estimate of drug-likeness (QED) is 0.409. The largest absolute Gasteiger partial charge is 0.507 e. The van der Waals surface area contributed by atoms with Gasteiger partial charge in [-0.25, -0.2) is 0 Å². The Bertz CT molecular complexity index is 1200. The molecule has 0 aromatic heterocycles. The molecule has 10 nitrogen and oxygen atoms in total. The summed E-state index contributed by atoms with van der Waals surface area (Å²) in [4.78, 5) is 67.2. The standard InChI is InChI=1S/C25H28N2O8/c1-5-6-10-7-8-11-9(2)12-14(19(29)13(11)18(10)28)22(32)25(35)16(20(12)30)17(27(3)4)21(31)15(23(25)33)24(26)34/h5-9,12,14-17,20,28,30,35H,1-4H3,(H2,26,34)/t9-,12+,14?,15?,16+,17-,20-,25-/m0/s1. The van der Waals surface area contributed by atoms with Crippen LogP contribution >= 0.6 is 0 Å². The summed E-state index contributed by atoms with van der Waals surface area (Å²) in [7, 11) is 2.90. The molecule has 3 aliphatic rings. The van der Waals surface area contributed by atoms with Crippen molar-refractivity contribution in [2.45, 2.75) is 37.5 Å². The number of aliphatic hydroxyl groups is 2. The van der Waals surface area contributed by atoms with Gasteiger partial charge in [-0.05, 0) is 32.5 Å². The molecule has 0 spiro atoms. The number of phenols is 1. The predicted octanol–water partition coefficient (Wildman–Crippen LogP) is -0.568. The minimum absolute atomic E-state index is 0.119. The van der Waals surface area contributed by atoms with E-state index in [0.717, 1.165) is 0 Å². The Hall–Kier alpha value is -3.21. The van der Waals surface area contributed by atoms with Gasteiger partial charge in [-0.2, -0.15) is 0 Å². The van der Waals surface area contributed by atoms with Crippen LogP contribution in [0, 0.1) is 23.7 Å². The number of Topliss-reactive ketones (excluding diaryl/α,β-unsaturated/α-hetero) is 4. The molecule has 1 aromatic carbocycles. The van der Waals surface area contributed by atoms with E-state index >= 15 is 0 Å². The number of likely N-dealkylation sites (N-methyl/N-ethyl adjacent to an activating group) is 1. The van der Waals surface area contributed by atoms with Gasteiger partial charge >= 0.3 is 0 Å². The van der Waals surface area contributed by atoms with Gasteiger partial charge in [0, 0.05) is 11.5 Å². The summed E-state index contributed by atoms with van der Waals surface area (Å²) in [5.41, 5.74) is 2.92. The predicted molar refractivity (Wildman–Crippen MR) is 122 cm³/mol. The first kappa shape index (κ1) is 24.9. The zero-order valence-electron chi connectivity index (χ0n) is 19.8. The molecule has 0 saturated heterocycles. The molecular formula is C25H28N2O8. The van der Waals surface area contributed by atoms with Gasteiger partial charge in [0.25, 0.3) is 0 Å². The molecule has 1 amide bonds. The molecule has 186 valence electrons. The number of fused-ring (bicyclic) bond motifs is 3. The smallest absolute Gasteiger partial charge is 0.235 e. The van der Waals surface area contributed by atoms with E-state index in [2.05, 4.69) is 0 Å². The lowest BCUT2D eigenvalue weighted by Crippen LogP contribution is -2.77. The van der Waals surface area contributed by atoms with E-state index in [0.29, 0.717) is 11.1 Å². The number of allylic oxidation sites excluding steroid dienone is 1. The molecule has 2 saturated carbocycles. The Morgan fingerprint density at radius 1 is 1.14 bits per heavy atom. The number of ketones is 4. The monoisotopic (exact) mass is 484 g/mol. The molecule has 0 bridgehead atoms. The second-order valence-electron chi connectivity index (χ2n) is 9.83. The number of benzene rings is 1. The van der Waals surface area contributed by atoms with Crippen LogP contribution in [0.25, 0.3) is 6.08 Å². The first-order chi connectivity index (χ1) is 16.3. The molecule has 5 N–H and O–H groups in total. The minimum atomic E-state index is -2.99. The van der Waals surface area contributed by atoms with Crippen molar-refractivity contribution in [2.75, 3.05) is 14.1 Å². The number of amides is 1. The third-order valence-electron chi connectivity index (χ3n) is 7.87. The van der Waals surface area contributed by atoms with E-state index in [-0.39, 0.29) is 11.3 Å². The molecule has 8 atom stereocenters. The summed E-state index contributed by atoms with van der Waals surface area (Å²) in [6.07, 6.45) is 1.60. The molecule has 3 aliphatic carbocycles. The molecule has 0 aliphatic heterocycles. The van der Waals surface area contributed by atoms with Crippen LogP contribution in [-0.4, -0.2) is 81.1 Å². The van der Waals surface area contributed by atoms with E-state index in [4.69, 9.17) is 5.73 Å². The number of phenolic OH excluding ortho intramolecular Hbond substituents is 1. The summed E-state index contributed by atoms with van der Waals surface area (Å²) in [6, 6.07) is 1.86. The van der Waals surface area contributed by atoms with Crippen molar-refractivity contribution in [1.29, 1.82) is 0 Å². The van der Waals surface area contributed by atoms with E-state index in [1.165, 1.54) is 19.0 Å². The van der Waals surface area contributed by atoms with Gasteiger partial charge in [0.1, 0.15) is 5.75 Å². The molecule has 10 heteroatoms. The van der Waals surface area contributed by atoms with E-state index in [1.807, 2.05) is 0 Å². The second kappa shape index (κ2) is 8.18. The minimum Gasteiger partial charge on any atom is -0.507 e. The Kier molecular flexibility index (Phi) is 5.82. The average molecular weight is 485 g/mol. The highest BCUT2D eigenvalue weighted by molar-refractivity contribution is 6.32. The SMILES string of the molecule is CC=Cc1ccc2c(c1O)C(=O)C1C(=O)[C@]3(O)C(=O)C(C(N)=O)C(=O)[C@@H](N(C)C)[C@@H]3[C@@H](O)[C@@H]1[C@H]2C. The molecule has 35 heavy (non-hydrogen) atoms. The molecule has 2 unspecified atom stereocenters. The van der Waals surface area contributed by atoms with E-state index in [1.54, 1.807) is 38.1 Å². The number of carbonyl (C=O) groups is 5. The first-order valence-electron chi connectivity index (χ1n) is 11.3. The normalized spacial score (nSPS) is 36.8. The average Bonchev–Trinajstić information content (AvgIpc) is 2.77. The molecular weight excluding hydrogens is 456 g/mol.